The highest BCUT2D eigenvalue weighted by Crippen LogP contribution is 2.27. The summed E-state index contributed by atoms with van der Waals surface area (Å²) < 4.78 is 5.20. The van der Waals surface area contributed by atoms with Gasteiger partial charge in [0.05, 0.1) is 18.5 Å². The number of imide groups is 1. The van der Waals surface area contributed by atoms with E-state index in [0.29, 0.717) is 11.5 Å². The molecule has 2 aromatic rings. The summed E-state index contributed by atoms with van der Waals surface area (Å²) in [7, 11) is 1.58. The van der Waals surface area contributed by atoms with Gasteiger partial charge in [0.25, 0.3) is 5.91 Å². The lowest BCUT2D eigenvalue weighted by Crippen LogP contribution is -2.43. The molecule has 1 atom stereocenters. The first-order chi connectivity index (χ1) is 11.9. The van der Waals surface area contributed by atoms with Gasteiger partial charge in [-0.05, 0) is 31.2 Å². The van der Waals surface area contributed by atoms with Gasteiger partial charge in [0.2, 0.25) is 5.91 Å². The van der Waals surface area contributed by atoms with Crippen LogP contribution >= 0.6 is 0 Å². The predicted octanol–water partition coefficient (Wildman–Crippen LogP) is 1.10. The summed E-state index contributed by atoms with van der Waals surface area (Å²) >= 11 is 0. The second kappa shape index (κ2) is 6.39. The summed E-state index contributed by atoms with van der Waals surface area (Å²) in [5.41, 5.74) is -0.856. The fourth-order valence-corrected chi connectivity index (χ4v) is 2.65. The van der Waals surface area contributed by atoms with E-state index in [9.17, 15) is 14.4 Å². The molecule has 0 bridgehead atoms. The summed E-state index contributed by atoms with van der Waals surface area (Å²) in [5.74, 6) is -0.257. The molecular weight excluding hydrogens is 324 g/mol. The van der Waals surface area contributed by atoms with Crippen molar-refractivity contribution in [2.24, 2.45) is 0 Å². The van der Waals surface area contributed by atoms with Crippen molar-refractivity contribution in [1.82, 2.24) is 20.1 Å². The van der Waals surface area contributed by atoms with Crippen molar-refractivity contribution in [2.75, 3.05) is 13.6 Å². The molecule has 0 spiro atoms. The molecule has 0 unspecified atom stereocenters. The lowest BCUT2D eigenvalue weighted by atomic mass is 9.97. The predicted molar refractivity (Wildman–Crippen MR) is 87.0 cm³/mol. The van der Waals surface area contributed by atoms with Crippen LogP contribution in [-0.2, 0) is 21.7 Å². The number of likely N-dealkylation sites (N-methyl/N-ethyl adjacent to an activating group) is 1. The van der Waals surface area contributed by atoms with Gasteiger partial charge in [0.1, 0.15) is 12.3 Å². The van der Waals surface area contributed by atoms with Crippen molar-refractivity contribution in [3.8, 4) is 0 Å². The fourth-order valence-electron chi connectivity index (χ4n) is 2.65. The Hall–Kier alpha value is -3.16. The lowest BCUT2D eigenvalue weighted by molar-refractivity contribution is -0.138. The molecule has 1 aliphatic heterocycles. The number of carbonyl (C=O) groups excluding carboxylic acids is 3. The number of nitrogens with one attached hydrogen (secondary N) is 1. The molecule has 1 N–H and O–H groups in total. The van der Waals surface area contributed by atoms with Crippen molar-refractivity contribution < 1.29 is 18.8 Å². The minimum atomic E-state index is -1.28. The molecule has 25 heavy (non-hydrogen) atoms. The second-order valence-electron chi connectivity index (χ2n) is 5.99. The van der Waals surface area contributed by atoms with Gasteiger partial charge in [0.15, 0.2) is 5.54 Å². The molecule has 0 saturated carbocycles. The molecule has 0 aromatic carbocycles. The van der Waals surface area contributed by atoms with Crippen molar-refractivity contribution in [2.45, 2.75) is 19.0 Å². The highest BCUT2D eigenvalue weighted by molar-refractivity contribution is 6.08. The molecule has 3 heterocycles. The SMILES string of the molecule is CN(Cc1ccco1)C(=O)CN1C(=O)N[C@@](C)(c2ccccn2)C1=O. The first kappa shape index (κ1) is 16.7. The minimum Gasteiger partial charge on any atom is -0.467 e. The normalized spacial score (nSPS) is 19.8. The molecule has 1 saturated heterocycles. The molecule has 3 rings (SSSR count). The summed E-state index contributed by atoms with van der Waals surface area (Å²) in [6.07, 6.45) is 3.06. The number of amides is 4. The van der Waals surface area contributed by atoms with E-state index in [2.05, 4.69) is 10.3 Å². The van der Waals surface area contributed by atoms with E-state index >= 15 is 0 Å². The van der Waals surface area contributed by atoms with E-state index in [1.54, 1.807) is 50.5 Å². The quantitative estimate of drug-likeness (QED) is 0.821. The van der Waals surface area contributed by atoms with Crippen molar-refractivity contribution in [3.63, 3.8) is 0 Å². The largest absolute Gasteiger partial charge is 0.467 e. The van der Waals surface area contributed by atoms with Crippen LogP contribution in [0.2, 0.25) is 0 Å². The van der Waals surface area contributed by atoms with Crippen LogP contribution in [0.4, 0.5) is 4.79 Å². The summed E-state index contributed by atoms with van der Waals surface area (Å²) in [6.45, 7) is 1.49. The number of aromatic nitrogens is 1. The third-order valence-electron chi connectivity index (χ3n) is 4.14. The molecule has 0 radical (unpaired) electrons. The molecule has 8 heteroatoms. The van der Waals surface area contributed by atoms with E-state index < -0.39 is 17.5 Å². The van der Waals surface area contributed by atoms with Crippen LogP contribution in [0, 0.1) is 0 Å². The summed E-state index contributed by atoms with van der Waals surface area (Å²) in [5, 5.41) is 2.62. The smallest absolute Gasteiger partial charge is 0.325 e. The van der Waals surface area contributed by atoms with Crippen LogP contribution in [0.3, 0.4) is 0 Å². The van der Waals surface area contributed by atoms with Crippen LogP contribution in [0.5, 0.6) is 0 Å². The monoisotopic (exact) mass is 342 g/mol. The summed E-state index contributed by atoms with van der Waals surface area (Å²) in [4.78, 5) is 43.8. The van der Waals surface area contributed by atoms with Crippen LogP contribution in [0.1, 0.15) is 18.4 Å². The molecule has 130 valence electrons. The van der Waals surface area contributed by atoms with Crippen LogP contribution in [-0.4, -0.2) is 46.2 Å². The standard InChI is InChI=1S/C17H18N4O4/c1-17(13-7-3-4-8-18-13)15(23)21(16(24)19-17)11-14(22)20(2)10-12-6-5-9-25-12/h3-9H,10-11H2,1-2H3,(H,19,24)/t17-/m0/s1. The van der Waals surface area contributed by atoms with Gasteiger partial charge in [-0.3, -0.25) is 19.5 Å². The first-order valence-corrected chi connectivity index (χ1v) is 7.74. The Morgan fingerprint density at radius 3 is 2.76 bits per heavy atom. The number of nitrogens with zero attached hydrogens (tertiary/aromatic N) is 3. The zero-order valence-corrected chi connectivity index (χ0v) is 13.9. The lowest BCUT2D eigenvalue weighted by Gasteiger charge is -2.22. The molecule has 4 amide bonds. The Morgan fingerprint density at radius 2 is 2.12 bits per heavy atom. The summed E-state index contributed by atoms with van der Waals surface area (Å²) in [6, 6.07) is 7.97. The zero-order valence-electron chi connectivity index (χ0n) is 13.9. The van der Waals surface area contributed by atoms with Gasteiger partial charge in [-0.15, -0.1) is 0 Å². The van der Waals surface area contributed by atoms with E-state index in [1.165, 1.54) is 11.2 Å². The maximum Gasteiger partial charge on any atom is 0.325 e. The Morgan fingerprint density at radius 1 is 1.32 bits per heavy atom. The van der Waals surface area contributed by atoms with Crippen molar-refractivity contribution in [3.05, 3.63) is 54.2 Å². The van der Waals surface area contributed by atoms with Gasteiger partial charge >= 0.3 is 6.03 Å². The number of furan rings is 1. The molecule has 0 aliphatic carbocycles. The number of hydrogen-bond acceptors (Lipinski definition) is 5. The van der Waals surface area contributed by atoms with Crippen molar-refractivity contribution in [1.29, 1.82) is 0 Å². The van der Waals surface area contributed by atoms with E-state index in [-0.39, 0.29) is 19.0 Å². The highest BCUT2D eigenvalue weighted by atomic mass is 16.3. The third kappa shape index (κ3) is 3.10. The van der Waals surface area contributed by atoms with Gasteiger partial charge in [-0.25, -0.2) is 4.79 Å². The minimum absolute atomic E-state index is 0.257. The fraction of sp³-hybridized carbons (Fsp3) is 0.294. The Kier molecular flexibility index (Phi) is 4.26. The van der Waals surface area contributed by atoms with Crippen LogP contribution < -0.4 is 5.32 Å². The molecule has 8 nitrogen and oxygen atoms in total. The Balaban J connectivity index is 1.71. The average Bonchev–Trinajstić information content (AvgIpc) is 3.18. The number of rotatable bonds is 5. The Labute approximate surface area is 144 Å². The topological polar surface area (TPSA) is 95.8 Å². The van der Waals surface area contributed by atoms with Crippen molar-refractivity contribution >= 4 is 17.8 Å². The maximum atomic E-state index is 12.7. The molecule has 1 aliphatic rings. The molecule has 2 aromatic heterocycles. The van der Waals surface area contributed by atoms with E-state index in [0.717, 1.165) is 4.90 Å². The van der Waals surface area contributed by atoms with E-state index in [1.807, 2.05) is 0 Å². The third-order valence-corrected chi connectivity index (χ3v) is 4.14. The van der Waals surface area contributed by atoms with Gasteiger partial charge in [0, 0.05) is 13.2 Å². The van der Waals surface area contributed by atoms with Crippen LogP contribution in [0.25, 0.3) is 0 Å². The second-order valence-corrected chi connectivity index (χ2v) is 5.99. The van der Waals surface area contributed by atoms with Gasteiger partial charge < -0.3 is 14.6 Å². The first-order valence-electron chi connectivity index (χ1n) is 7.74. The van der Waals surface area contributed by atoms with E-state index in [4.69, 9.17) is 4.42 Å². The van der Waals surface area contributed by atoms with Gasteiger partial charge in [-0.2, -0.15) is 0 Å². The maximum absolute atomic E-state index is 12.7. The van der Waals surface area contributed by atoms with Crippen LogP contribution in [0.15, 0.2) is 47.2 Å². The number of pyridine rings is 1. The molecular formula is C17H18N4O4. The number of hydrogen-bond donors (Lipinski definition) is 1. The average molecular weight is 342 g/mol. The molecule has 1 fully saturated rings. The zero-order chi connectivity index (χ0) is 18.0. The van der Waals surface area contributed by atoms with Gasteiger partial charge in [-0.1, -0.05) is 6.07 Å². The number of urea groups is 1. The highest BCUT2D eigenvalue weighted by Gasteiger charge is 2.50. The number of carbonyl (C=O) groups is 3. The Bertz CT molecular complexity index is 790.